The molecule has 0 unspecified atom stereocenters. The lowest BCUT2D eigenvalue weighted by Gasteiger charge is -2.31. The van der Waals surface area contributed by atoms with Crippen molar-refractivity contribution in [3.63, 3.8) is 0 Å². The third-order valence-electron chi connectivity index (χ3n) is 4.62. The van der Waals surface area contributed by atoms with Crippen LogP contribution in [0.5, 0.6) is 0 Å². The van der Waals surface area contributed by atoms with Crippen molar-refractivity contribution in [2.24, 2.45) is 4.99 Å². The lowest BCUT2D eigenvalue weighted by molar-refractivity contribution is 0.266. The van der Waals surface area contributed by atoms with Crippen molar-refractivity contribution >= 4 is 17.5 Å². The Morgan fingerprint density at radius 3 is 2.36 bits per heavy atom. The first kappa shape index (κ1) is 19.0. The molecule has 0 aromatic heterocycles. The van der Waals surface area contributed by atoms with Gasteiger partial charge >= 0.3 is 0 Å². The van der Waals surface area contributed by atoms with Gasteiger partial charge < -0.3 is 9.80 Å². The third kappa shape index (κ3) is 5.63. The molecular weight excluding hydrogens is 306 g/mol. The van der Waals surface area contributed by atoms with Gasteiger partial charge in [0.2, 0.25) is 0 Å². The molecule has 0 amide bonds. The molecule has 3 heteroatoms. The molecule has 2 rings (SSSR count). The van der Waals surface area contributed by atoms with Gasteiger partial charge in [-0.3, -0.25) is 4.99 Å². The van der Waals surface area contributed by atoms with E-state index < -0.39 is 0 Å². The summed E-state index contributed by atoms with van der Waals surface area (Å²) in [5, 5.41) is 0. The summed E-state index contributed by atoms with van der Waals surface area (Å²) in [6.07, 6.45) is 10.5. The van der Waals surface area contributed by atoms with Gasteiger partial charge in [-0.05, 0) is 56.0 Å². The van der Waals surface area contributed by atoms with Crippen LogP contribution in [-0.4, -0.2) is 44.3 Å². The molecule has 3 nitrogen and oxygen atoms in total. The number of likely N-dealkylation sites (tertiary alicyclic amines) is 1. The van der Waals surface area contributed by atoms with E-state index in [2.05, 4.69) is 79.9 Å². The Morgan fingerprint density at radius 2 is 1.84 bits per heavy atom. The largest absolute Gasteiger partial charge is 0.378 e. The van der Waals surface area contributed by atoms with Gasteiger partial charge in [0.15, 0.2) is 0 Å². The summed E-state index contributed by atoms with van der Waals surface area (Å²) < 4.78 is 0. The normalized spacial score (nSPS) is 16.8. The third-order valence-corrected chi connectivity index (χ3v) is 4.62. The summed E-state index contributed by atoms with van der Waals surface area (Å²) in [6, 6.07) is 9.06. The first-order valence-electron chi connectivity index (χ1n) is 9.05. The number of anilines is 1. The number of hydrogen-bond acceptors (Lipinski definition) is 3. The van der Waals surface area contributed by atoms with Gasteiger partial charge in [0.1, 0.15) is 0 Å². The maximum absolute atomic E-state index is 4.77. The molecule has 1 fully saturated rings. The van der Waals surface area contributed by atoms with Crippen molar-refractivity contribution in [2.45, 2.75) is 32.7 Å². The Balaban J connectivity index is 2.03. The van der Waals surface area contributed by atoms with E-state index in [1.807, 2.05) is 13.1 Å². The zero-order valence-corrected chi connectivity index (χ0v) is 16.1. The molecular formula is C22H31N3. The molecule has 0 spiro atoms. The molecule has 0 N–H and O–H groups in total. The van der Waals surface area contributed by atoms with Gasteiger partial charge in [-0.1, -0.05) is 30.9 Å². The Morgan fingerprint density at radius 1 is 1.20 bits per heavy atom. The molecule has 1 aromatic rings. The van der Waals surface area contributed by atoms with Gasteiger partial charge in [0, 0.05) is 44.8 Å². The van der Waals surface area contributed by atoms with E-state index >= 15 is 0 Å². The second-order valence-corrected chi connectivity index (χ2v) is 6.81. The zero-order chi connectivity index (χ0) is 18.2. The van der Waals surface area contributed by atoms with Crippen LogP contribution in [0.15, 0.2) is 59.8 Å². The standard InChI is InChI=1S/C22H31N3/c1-6-7-19(20-8-10-22(11-9-20)24(4)5)12-15-23-21-13-16-25(17-14-21)18(2)3/h6-12,15,21H,2,13-14,16-17H2,1,3-5H3/b7-6+,19-12+,23-15-. The van der Waals surface area contributed by atoms with Crippen LogP contribution in [0.4, 0.5) is 5.69 Å². The highest BCUT2D eigenvalue weighted by molar-refractivity contribution is 5.88. The first-order chi connectivity index (χ1) is 12.0. The first-order valence-corrected chi connectivity index (χ1v) is 9.05. The molecule has 0 atom stereocenters. The molecule has 0 radical (unpaired) electrons. The highest BCUT2D eigenvalue weighted by atomic mass is 15.1. The van der Waals surface area contributed by atoms with Gasteiger partial charge in [0.25, 0.3) is 0 Å². The topological polar surface area (TPSA) is 18.8 Å². The highest BCUT2D eigenvalue weighted by Gasteiger charge is 2.17. The summed E-state index contributed by atoms with van der Waals surface area (Å²) in [7, 11) is 4.12. The predicted octanol–water partition coefficient (Wildman–Crippen LogP) is 4.78. The summed E-state index contributed by atoms with van der Waals surface area (Å²) in [5.74, 6) is 0. The van der Waals surface area contributed by atoms with E-state index in [9.17, 15) is 0 Å². The van der Waals surface area contributed by atoms with Crippen LogP contribution >= 0.6 is 0 Å². The van der Waals surface area contributed by atoms with E-state index in [1.54, 1.807) is 0 Å². The number of benzene rings is 1. The molecule has 1 saturated heterocycles. The molecule has 134 valence electrons. The molecule has 0 saturated carbocycles. The second-order valence-electron chi connectivity index (χ2n) is 6.81. The van der Waals surface area contributed by atoms with Crippen molar-refractivity contribution in [3.05, 3.63) is 60.3 Å². The maximum atomic E-state index is 4.77. The number of rotatable bonds is 6. The van der Waals surface area contributed by atoms with Crippen molar-refractivity contribution < 1.29 is 0 Å². The van der Waals surface area contributed by atoms with Crippen LogP contribution < -0.4 is 4.90 Å². The van der Waals surface area contributed by atoms with Gasteiger partial charge in [0.05, 0.1) is 6.04 Å². The van der Waals surface area contributed by atoms with E-state index in [4.69, 9.17) is 4.99 Å². The SMILES string of the molecule is C=C(C)N1CCC(\N=C/C=C(\C=C\C)c2ccc(N(C)C)cc2)CC1. The number of aliphatic imine (C=N–C) groups is 1. The summed E-state index contributed by atoms with van der Waals surface area (Å²) >= 11 is 0. The average Bonchev–Trinajstić information content (AvgIpc) is 2.61. The van der Waals surface area contributed by atoms with E-state index in [0.29, 0.717) is 6.04 Å². The van der Waals surface area contributed by atoms with Crippen LogP contribution in [0.3, 0.4) is 0 Å². The van der Waals surface area contributed by atoms with Gasteiger partial charge in [-0.15, -0.1) is 0 Å². The van der Waals surface area contributed by atoms with Crippen molar-refractivity contribution in [1.29, 1.82) is 0 Å². The fraction of sp³-hybridized carbons (Fsp3) is 0.409. The number of hydrogen-bond donors (Lipinski definition) is 0. The smallest absolute Gasteiger partial charge is 0.0533 e. The molecule has 1 aromatic carbocycles. The lowest BCUT2D eigenvalue weighted by atomic mass is 10.0. The Hall–Kier alpha value is -2.29. The Bertz CT molecular complexity index is 642. The van der Waals surface area contributed by atoms with E-state index in [0.717, 1.165) is 25.9 Å². The Kier molecular flexibility index (Phi) is 7.05. The van der Waals surface area contributed by atoms with Crippen molar-refractivity contribution in [2.75, 3.05) is 32.1 Å². The second kappa shape index (κ2) is 9.26. The summed E-state index contributed by atoms with van der Waals surface area (Å²) in [5.41, 5.74) is 4.78. The van der Waals surface area contributed by atoms with Crippen LogP contribution in [0, 0.1) is 0 Å². The van der Waals surface area contributed by atoms with Crippen molar-refractivity contribution in [1.82, 2.24) is 4.90 Å². The van der Waals surface area contributed by atoms with Crippen LogP contribution in [0.1, 0.15) is 32.3 Å². The number of allylic oxidation sites excluding steroid dienone is 5. The van der Waals surface area contributed by atoms with Crippen LogP contribution in [-0.2, 0) is 0 Å². The van der Waals surface area contributed by atoms with Gasteiger partial charge in [-0.25, -0.2) is 0 Å². The minimum Gasteiger partial charge on any atom is -0.378 e. The van der Waals surface area contributed by atoms with E-state index in [1.165, 1.54) is 22.5 Å². The average molecular weight is 338 g/mol. The number of piperidine rings is 1. The molecule has 1 aliphatic rings. The zero-order valence-electron chi connectivity index (χ0n) is 16.1. The minimum atomic E-state index is 0.426. The lowest BCUT2D eigenvalue weighted by Crippen LogP contribution is -2.33. The fourth-order valence-electron chi connectivity index (χ4n) is 3.02. The van der Waals surface area contributed by atoms with Crippen LogP contribution in [0.25, 0.3) is 5.57 Å². The highest BCUT2D eigenvalue weighted by Crippen LogP contribution is 2.20. The van der Waals surface area contributed by atoms with Crippen molar-refractivity contribution in [3.8, 4) is 0 Å². The van der Waals surface area contributed by atoms with Gasteiger partial charge in [-0.2, -0.15) is 0 Å². The van der Waals surface area contributed by atoms with E-state index in [-0.39, 0.29) is 0 Å². The summed E-state index contributed by atoms with van der Waals surface area (Å²) in [6.45, 7) is 10.3. The predicted molar refractivity (Wildman–Crippen MR) is 111 cm³/mol. The van der Waals surface area contributed by atoms with Crippen LogP contribution in [0.2, 0.25) is 0 Å². The number of nitrogens with zero attached hydrogens (tertiary/aromatic N) is 3. The molecule has 0 bridgehead atoms. The fourth-order valence-corrected chi connectivity index (χ4v) is 3.02. The monoisotopic (exact) mass is 337 g/mol. The quantitative estimate of drug-likeness (QED) is 0.549. The molecule has 1 aliphatic heterocycles. The Labute approximate surface area is 153 Å². The molecule has 25 heavy (non-hydrogen) atoms. The molecule has 1 heterocycles. The molecule has 0 aliphatic carbocycles. The minimum absolute atomic E-state index is 0.426. The maximum Gasteiger partial charge on any atom is 0.0533 e. The summed E-state index contributed by atoms with van der Waals surface area (Å²) in [4.78, 5) is 9.23.